The molecule has 1 heterocycles. The van der Waals surface area contributed by atoms with Crippen molar-refractivity contribution in [3.05, 3.63) is 34.9 Å². The second kappa shape index (κ2) is 4.49. The Morgan fingerprint density at radius 3 is 2.82 bits per heavy atom. The number of aliphatic carboxylic acids is 1. The van der Waals surface area contributed by atoms with Crippen LogP contribution < -0.4 is 0 Å². The molecular formula is C14H18O3. The van der Waals surface area contributed by atoms with E-state index in [4.69, 9.17) is 4.74 Å². The van der Waals surface area contributed by atoms with Gasteiger partial charge in [0.2, 0.25) is 0 Å². The van der Waals surface area contributed by atoms with E-state index in [1.807, 2.05) is 13.8 Å². The van der Waals surface area contributed by atoms with Gasteiger partial charge in [-0.15, -0.1) is 0 Å². The van der Waals surface area contributed by atoms with Gasteiger partial charge in [0.15, 0.2) is 0 Å². The first kappa shape index (κ1) is 12.1. The third-order valence-corrected chi connectivity index (χ3v) is 3.59. The van der Waals surface area contributed by atoms with E-state index in [0.29, 0.717) is 26.1 Å². The highest BCUT2D eigenvalue weighted by molar-refractivity contribution is 5.75. The van der Waals surface area contributed by atoms with Crippen LogP contribution >= 0.6 is 0 Å². The summed E-state index contributed by atoms with van der Waals surface area (Å²) in [5, 5.41) is 9.41. The SMILES string of the molecule is Cc1ccc(C)c(CC2(C(=O)O)CCOC2)c1. The molecule has 1 N–H and O–H groups in total. The molecule has 1 atom stereocenters. The summed E-state index contributed by atoms with van der Waals surface area (Å²) in [6.07, 6.45) is 1.17. The average Bonchev–Trinajstić information content (AvgIpc) is 2.73. The zero-order valence-corrected chi connectivity index (χ0v) is 10.3. The van der Waals surface area contributed by atoms with Crippen molar-refractivity contribution in [2.24, 2.45) is 5.41 Å². The maximum atomic E-state index is 11.4. The molecule has 0 saturated carbocycles. The minimum atomic E-state index is -0.740. The predicted octanol–water partition coefficient (Wildman–Crippen LogP) is 2.34. The molecule has 1 aromatic rings. The van der Waals surface area contributed by atoms with Gasteiger partial charge in [0.1, 0.15) is 0 Å². The van der Waals surface area contributed by atoms with Crippen LogP contribution in [0.4, 0.5) is 0 Å². The Labute approximate surface area is 101 Å². The van der Waals surface area contributed by atoms with Crippen molar-refractivity contribution in [2.75, 3.05) is 13.2 Å². The number of rotatable bonds is 3. The molecular weight excluding hydrogens is 216 g/mol. The van der Waals surface area contributed by atoms with Gasteiger partial charge in [0, 0.05) is 6.61 Å². The largest absolute Gasteiger partial charge is 0.481 e. The molecule has 1 fully saturated rings. The minimum absolute atomic E-state index is 0.329. The Hall–Kier alpha value is -1.35. The molecule has 92 valence electrons. The second-order valence-electron chi connectivity index (χ2n) is 4.99. The van der Waals surface area contributed by atoms with Crippen molar-refractivity contribution in [1.82, 2.24) is 0 Å². The smallest absolute Gasteiger partial charge is 0.312 e. The highest BCUT2D eigenvalue weighted by Crippen LogP contribution is 2.34. The van der Waals surface area contributed by atoms with Crippen molar-refractivity contribution >= 4 is 5.97 Å². The van der Waals surface area contributed by atoms with E-state index in [-0.39, 0.29) is 0 Å². The molecule has 1 aromatic carbocycles. The van der Waals surface area contributed by atoms with Crippen LogP contribution in [0.15, 0.2) is 18.2 Å². The fourth-order valence-corrected chi connectivity index (χ4v) is 2.35. The lowest BCUT2D eigenvalue weighted by Crippen LogP contribution is -2.34. The Bertz CT molecular complexity index is 431. The van der Waals surface area contributed by atoms with Crippen LogP contribution in [0, 0.1) is 19.3 Å². The third-order valence-electron chi connectivity index (χ3n) is 3.59. The van der Waals surface area contributed by atoms with E-state index in [1.54, 1.807) is 0 Å². The van der Waals surface area contributed by atoms with Crippen molar-refractivity contribution < 1.29 is 14.6 Å². The van der Waals surface area contributed by atoms with Gasteiger partial charge in [0.25, 0.3) is 0 Å². The van der Waals surface area contributed by atoms with Gasteiger partial charge in [-0.25, -0.2) is 0 Å². The summed E-state index contributed by atoms with van der Waals surface area (Å²) < 4.78 is 5.28. The maximum Gasteiger partial charge on any atom is 0.312 e. The van der Waals surface area contributed by atoms with Crippen LogP contribution in [-0.2, 0) is 16.0 Å². The number of ether oxygens (including phenoxy) is 1. The van der Waals surface area contributed by atoms with Crippen molar-refractivity contribution in [2.45, 2.75) is 26.7 Å². The van der Waals surface area contributed by atoms with Gasteiger partial charge in [-0.1, -0.05) is 23.8 Å². The summed E-state index contributed by atoms with van der Waals surface area (Å²) in [6, 6.07) is 6.19. The van der Waals surface area contributed by atoms with Gasteiger partial charge in [-0.3, -0.25) is 4.79 Å². The van der Waals surface area contributed by atoms with Crippen molar-refractivity contribution in [3.63, 3.8) is 0 Å². The number of hydrogen-bond donors (Lipinski definition) is 1. The molecule has 1 saturated heterocycles. The zero-order valence-electron chi connectivity index (χ0n) is 10.3. The summed E-state index contributed by atoms with van der Waals surface area (Å²) in [4.78, 5) is 11.4. The van der Waals surface area contributed by atoms with Gasteiger partial charge >= 0.3 is 5.97 Å². The third kappa shape index (κ3) is 2.34. The molecule has 0 amide bonds. The van der Waals surface area contributed by atoms with Crippen molar-refractivity contribution in [1.29, 1.82) is 0 Å². The summed E-state index contributed by atoms with van der Waals surface area (Å²) in [5.74, 6) is -0.740. The molecule has 0 aromatic heterocycles. The Balaban J connectivity index is 2.29. The fourth-order valence-electron chi connectivity index (χ4n) is 2.35. The fraction of sp³-hybridized carbons (Fsp3) is 0.500. The van der Waals surface area contributed by atoms with Gasteiger partial charge in [-0.05, 0) is 37.8 Å². The molecule has 0 radical (unpaired) electrons. The number of benzene rings is 1. The van der Waals surface area contributed by atoms with Gasteiger partial charge in [-0.2, -0.15) is 0 Å². The van der Waals surface area contributed by atoms with Gasteiger partial charge < -0.3 is 9.84 Å². The molecule has 3 nitrogen and oxygen atoms in total. The standard InChI is InChI=1S/C14H18O3/c1-10-3-4-11(2)12(7-10)8-14(13(15)16)5-6-17-9-14/h3-4,7H,5-6,8-9H2,1-2H3,(H,15,16). The lowest BCUT2D eigenvalue weighted by atomic mass is 9.80. The summed E-state index contributed by atoms with van der Waals surface area (Å²) >= 11 is 0. The molecule has 0 bridgehead atoms. The quantitative estimate of drug-likeness (QED) is 0.873. The monoisotopic (exact) mass is 234 g/mol. The first-order valence-electron chi connectivity index (χ1n) is 5.91. The van der Waals surface area contributed by atoms with E-state index < -0.39 is 11.4 Å². The minimum Gasteiger partial charge on any atom is -0.481 e. The Morgan fingerprint density at radius 2 is 2.24 bits per heavy atom. The zero-order chi connectivity index (χ0) is 12.5. The van der Waals surface area contributed by atoms with Crippen LogP contribution in [0.5, 0.6) is 0 Å². The topological polar surface area (TPSA) is 46.5 Å². The highest BCUT2D eigenvalue weighted by atomic mass is 16.5. The van der Waals surface area contributed by atoms with E-state index in [1.165, 1.54) is 5.56 Å². The van der Waals surface area contributed by atoms with E-state index in [0.717, 1.165) is 11.1 Å². The maximum absolute atomic E-state index is 11.4. The van der Waals surface area contributed by atoms with Crippen LogP contribution in [0.3, 0.4) is 0 Å². The van der Waals surface area contributed by atoms with Crippen LogP contribution in [0.25, 0.3) is 0 Å². The van der Waals surface area contributed by atoms with E-state index in [9.17, 15) is 9.90 Å². The summed E-state index contributed by atoms with van der Waals surface area (Å²) in [5.41, 5.74) is 2.73. The number of carbonyl (C=O) groups is 1. The van der Waals surface area contributed by atoms with E-state index >= 15 is 0 Å². The molecule has 1 aliphatic rings. The normalized spacial score (nSPS) is 23.9. The van der Waals surface area contributed by atoms with Crippen LogP contribution in [-0.4, -0.2) is 24.3 Å². The average molecular weight is 234 g/mol. The molecule has 17 heavy (non-hydrogen) atoms. The number of carboxylic acids is 1. The van der Waals surface area contributed by atoms with Crippen LogP contribution in [0.2, 0.25) is 0 Å². The second-order valence-corrected chi connectivity index (χ2v) is 4.99. The number of hydrogen-bond acceptors (Lipinski definition) is 2. The summed E-state index contributed by atoms with van der Waals surface area (Å²) in [7, 11) is 0. The Morgan fingerprint density at radius 1 is 1.47 bits per heavy atom. The lowest BCUT2D eigenvalue weighted by Gasteiger charge is -2.23. The number of aryl methyl sites for hydroxylation is 2. The van der Waals surface area contributed by atoms with Crippen molar-refractivity contribution in [3.8, 4) is 0 Å². The molecule has 0 spiro atoms. The molecule has 0 aliphatic carbocycles. The predicted molar refractivity (Wildman–Crippen MR) is 65.1 cm³/mol. The first-order valence-corrected chi connectivity index (χ1v) is 5.91. The van der Waals surface area contributed by atoms with Gasteiger partial charge in [0.05, 0.1) is 12.0 Å². The number of carboxylic acid groups (broad SMARTS) is 1. The summed E-state index contributed by atoms with van der Waals surface area (Å²) in [6.45, 7) is 4.94. The lowest BCUT2D eigenvalue weighted by molar-refractivity contribution is -0.148. The van der Waals surface area contributed by atoms with Crippen LogP contribution in [0.1, 0.15) is 23.1 Å². The highest BCUT2D eigenvalue weighted by Gasteiger charge is 2.42. The molecule has 1 unspecified atom stereocenters. The molecule has 1 aliphatic heterocycles. The van der Waals surface area contributed by atoms with E-state index in [2.05, 4.69) is 18.2 Å². The first-order chi connectivity index (χ1) is 8.03. The molecule has 2 rings (SSSR count). The Kier molecular flexibility index (Phi) is 3.20. The molecule has 3 heteroatoms.